The van der Waals surface area contributed by atoms with E-state index in [-0.39, 0.29) is 57.1 Å². The summed E-state index contributed by atoms with van der Waals surface area (Å²) in [5.41, 5.74) is 0.243. The van der Waals surface area contributed by atoms with Crippen molar-refractivity contribution in [1.29, 1.82) is 0 Å². The first-order valence-corrected chi connectivity index (χ1v) is 12.1. The molecule has 0 radical (unpaired) electrons. The van der Waals surface area contributed by atoms with Crippen LogP contribution >= 0.6 is 0 Å². The van der Waals surface area contributed by atoms with Crippen LogP contribution in [0.3, 0.4) is 0 Å². The molecule has 1 saturated heterocycles. The smallest absolute Gasteiger partial charge is 0.409 e. The number of piperazine rings is 1. The summed E-state index contributed by atoms with van der Waals surface area (Å²) in [7, 11) is 0. The van der Waals surface area contributed by atoms with Crippen LogP contribution < -0.4 is 10.1 Å². The molecule has 0 aliphatic carbocycles. The van der Waals surface area contributed by atoms with Gasteiger partial charge in [-0.15, -0.1) is 0 Å². The van der Waals surface area contributed by atoms with E-state index in [2.05, 4.69) is 10.3 Å². The Morgan fingerprint density at radius 3 is 2.34 bits per heavy atom. The highest BCUT2D eigenvalue weighted by atomic mass is 16.6. The fraction of sp³-hybridized carbons (Fsp3) is 0.440. The van der Waals surface area contributed by atoms with Crippen molar-refractivity contribution in [3.8, 4) is 5.75 Å². The zero-order valence-corrected chi connectivity index (χ0v) is 21.1. The summed E-state index contributed by atoms with van der Waals surface area (Å²) >= 11 is 0. The number of carbonyl (C=O) groups is 5. The summed E-state index contributed by atoms with van der Waals surface area (Å²) in [5, 5.41) is 21.5. The first-order chi connectivity index (χ1) is 18.1. The normalized spacial score (nSPS) is 14.9. The van der Waals surface area contributed by atoms with E-state index < -0.39 is 42.0 Å². The van der Waals surface area contributed by atoms with Crippen molar-refractivity contribution >= 4 is 40.7 Å². The second kappa shape index (κ2) is 12.7. The Hall–Kier alpha value is -4.42. The molecule has 2 aromatic rings. The third-order valence-electron chi connectivity index (χ3n) is 5.93. The van der Waals surface area contributed by atoms with E-state index in [1.807, 2.05) is 0 Å². The first-order valence-electron chi connectivity index (χ1n) is 12.1. The summed E-state index contributed by atoms with van der Waals surface area (Å²) in [4.78, 5) is 68.1. The lowest BCUT2D eigenvalue weighted by atomic mass is 10.1. The molecule has 1 aromatic heterocycles. The fourth-order valence-electron chi connectivity index (χ4n) is 3.90. The largest absolute Gasteiger partial charge is 0.481 e. The number of nitrogens with one attached hydrogen (secondary N) is 1. The van der Waals surface area contributed by atoms with E-state index in [4.69, 9.17) is 14.6 Å². The molecule has 1 aliphatic heterocycles. The van der Waals surface area contributed by atoms with Crippen LogP contribution in [0.2, 0.25) is 0 Å². The summed E-state index contributed by atoms with van der Waals surface area (Å²) in [6.07, 6.45) is -2.21. The number of ether oxygens (including phenoxy) is 2. The van der Waals surface area contributed by atoms with Crippen molar-refractivity contribution in [3.63, 3.8) is 0 Å². The van der Waals surface area contributed by atoms with Crippen molar-refractivity contribution < 1.29 is 43.7 Å². The predicted molar refractivity (Wildman–Crippen MR) is 133 cm³/mol. The number of para-hydroxylation sites is 1. The molecule has 1 fully saturated rings. The highest BCUT2D eigenvalue weighted by molar-refractivity contribution is 5.99. The Labute approximate surface area is 218 Å². The zero-order valence-electron chi connectivity index (χ0n) is 21.1. The third kappa shape index (κ3) is 7.08. The Bertz CT molecular complexity index is 1210. The van der Waals surface area contributed by atoms with E-state index in [1.54, 1.807) is 31.2 Å². The molecule has 0 saturated carbocycles. The van der Waals surface area contributed by atoms with Gasteiger partial charge in [-0.3, -0.25) is 14.4 Å². The number of pyridine rings is 1. The number of carboxylic acid groups (broad SMARTS) is 2. The molecule has 38 heavy (non-hydrogen) atoms. The van der Waals surface area contributed by atoms with Crippen molar-refractivity contribution in [3.05, 3.63) is 36.0 Å². The highest BCUT2D eigenvalue weighted by Gasteiger charge is 2.31. The topological polar surface area (TPSA) is 176 Å². The van der Waals surface area contributed by atoms with Crippen molar-refractivity contribution in [1.82, 2.24) is 20.1 Å². The number of rotatable bonds is 10. The molecular weight excluding hydrogens is 500 g/mol. The zero-order chi connectivity index (χ0) is 27.8. The molecule has 0 spiro atoms. The molecule has 2 heterocycles. The number of benzene rings is 1. The van der Waals surface area contributed by atoms with Gasteiger partial charge in [0.05, 0.1) is 12.1 Å². The minimum Gasteiger partial charge on any atom is -0.481 e. The van der Waals surface area contributed by atoms with E-state index >= 15 is 0 Å². The number of fused-ring (bicyclic) bond motifs is 1. The first kappa shape index (κ1) is 28.2. The number of hydrogen-bond acceptors (Lipinski definition) is 8. The molecule has 13 heteroatoms. The average Bonchev–Trinajstić information content (AvgIpc) is 2.90. The molecule has 0 bridgehead atoms. The van der Waals surface area contributed by atoms with Gasteiger partial charge in [-0.05, 0) is 32.4 Å². The molecular formula is C25H30N4O9. The molecule has 13 nitrogen and oxygen atoms in total. The van der Waals surface area contributed by atoms with Crippen LogP contribution in [0.4, 0.5) is 4.79 Å². The van der Waals surface area contributed by atoms with Gasteiger partial charge in [0.2, 0.25) is 5.91 Å². The van der Waals surface area contributed by atoms with Crippen LogP contribution in [0.1, 0.15) is 37.2 Å². The maximum Gasteiger partial charge on any atom is 0.409 e. The van der Waals surface area contributed by atoms with Crippen LogP contribution in [0, 0.1) is 0 Å². The van der Waals surface area contributed by atoms with Crippen molar-refractivity contribution in [2.75, 3.05) is 32.8 Å². The summed E-state index contributed by atoms with van der Waals surface area (Å²) in [6, 6.07) is 6.82. The molecule has 1 aromatic carbocycles. The van der Waals surface area contributed by atoms with Gasteiger partial charge in [0.15, 0.2) is 6.10 Å². The van der Waals surface area contributed by atoms with Crippen LogP contribution in [0.25, 0.3) is 10.9 Å². The van der Waals surface area contributed by atoms with Crippen molar-refractivity contribution in [2.45, 2.75) is 38.8 Å². The number of aliphatic carboxylic acids is 2. The van der Waals surface area contributed by atoms with E-state index in [1.165, 1.54) is 22.8 Å². The number of amides is 3. The van der Waals surface area contributed by atoms with Gasteiger partial charge in [0, 0.05) is 44.1 Å². The lowest BCUT2D eigenvalue weighted by Crippen LogP contribution is -2.56. The van der Waals surface area contributed by atoms with Crippen LogP contribution in [-0.4, -0.2) is 99.8 Å². The predicted octanol–water partition coefficient (Wildman–Crippen LogP) is 1.35. The molecule has 2 unspecified atom stereocenters. The van der Waals surface area contributed by atoms with Crippen LogP contribution in [0.5, 0.6) is 5.75 Å². The summed E-state index contributed by atoms with van der Waals surface area (Å²) < 4.78 is 10.5. The monoisotopic (exact) mass is 530 g/mol. The number of aromatic nitrogens is 1. The Balaban J connectivity index is 1.80. The average molecular weight is 531 g/mol. The molecule has 2 atom stereocenters. The van der Waals surface area contributed by atoms with Gasteiger partial charge in [-0.2, -0.15) is 0 Å². The summed E-state index contributed by atoms with van der Waals surface area (Å²) in [6.45, 7) is 4.12. The number of carboxylic acids is 2. The lowest BCUT2D eigenvalue weighted by molar-refractivity contribution is -0.144. The maximum atomic E-state index is 13.3. The Kier molecular flexibility index (Phi) is 9.41. The van der Waals surface area contributed by atoms with Crippen LogP contribution in [-0.2, 0) is 19.1 Å². The van der Waals surface area contributed by atoms with Gasteiger partial charge < -0.3 is 34.8 Å². The second-order valence-corrected chi connectivity index (χ2v) is 8.59. The standard InChI is InChI=1S/C25H30N4O9/c1-3-37-25(36)29-12-10-28(11-13-29)23(33)18(8-9-21(30)31)27-22(32)19-14-20(38-15(2)24(34)35)16-6-4-5-7-17(16)26-19/h4-7,14-15,18H,3,8-13H2,1-2H3,(H,27,32)(H,30,31)(H,34,35). The minimum absolute atomic E-state index is 0.124. The quantitative estimate of drug-likeness (QED) is 0.406. The number of carbonyl (C=O) groups excluding carboxylic acids is 3. The van der Waals surface area contributed by atoms with Gasteiger partial charge in [0.1, 0.15) is 17.5 Å². The van der Waals surface area contributed by atoms with Gasteiger partial charge in [-0.25, -0.2) is 14.6 Å². The SMILES string of the molecule is CCOC(=O)N1CCN(C(=O)C(CCC(=O)O)NC(=O)c2cc(OC(C)C(=O)O)c3ccccc3n2)CC1. The fourth-order valence-corrected chi connectivity index (χ4v) is 3.90. The molecule has 3 N–H and O–H groups in total. The van der Waals surface area contributed by atoms with Gasteiger partial charge >= 0.3 is 18.0 Å². The summed E-state index contributed by atoms with van der Waals surface area (Å²) in [5.74, 6) is -3.44. The lowest BCUT2D eigenvalue weighted by Gasteiger charge is -2.35. The molecule has 3 rings (SSSR count). The van der Waals surface area contributed by atoms with Gasteiger partial charge in [0.25, 0.3) is 5.91 Å². The second-order valence-electron chi connectivity index (χ2n) is 8.59. The minimum atomic E-state index is -1.20. The Morgan fingerprint density at radius 1 is 1.05 bits per heavy atom. The molecule has 1 aliphatic rings. The third-order valence-corrected chi connectivity index (χ3v) is 5.93. The Morgan fingerprint density at radius 2 is 1.71 bits per heavy atom. The molecule has 3 amide bonds. The number of hydrogen-bond donors (Lipinski definition) is 3. The van der Waals surface area contributed by atoms with E-state index in [0.717, 1.165) is 0 Å². The highest BCUT2D eigenvalue weighted by Crippen LogP contribution is 2.26. The van der Waals surface area contributed by atoms with E-state index in [0.29, 0.717) is 10.9 Å². The molecule has 204 valence electrons. The van der Waals surface area contributed by atoms with Crippen molar-refractivity contribution in [2.24, 2.45) is 0 Å². The number of nitrogens with zero attached hydrogens (tertiary/aromatic N) is 3. The van der Waals surface area contributed by atoms with Gasteiger partial charge in [-0.1, -0.05) is 12.1 Å². The van der Waals surface area contributed by atoms with Crippen LogP contribution in [0.15, 0.2) is 30.3 Å². The van der Waals surface area contributed by atoms with E-state index in [9.17, 15) is 29.1 Å². The maximum absolute atomic E-state index is 13.3.